The third kappa shape index (κ3) is 3.89. The number of unbranched alkanes of at least 4 members (excludes halogenated alkanes) is 1. The zero-order valence-corrected chi connectivity index (χ0v) is 14.2. The zero-order valence-electron chi connectivity index (χ0n) is 13.4. The SMILES string of the molecule is CCCCc1ccccc1NS(=O)(=O)c1ccc(C)cc1C. The number of aryl methyl sites for hydroxylation is 3. The molecule has 0 aromatic heterocycles. The van der Waals surface area contributed by atoms with E-state index in [1.165, 1.54) is 0 Å². The van der Waals surface area contributed by atoms with Gasteiger partial charge in [0, 0.05) is 0 Å². The van der Waals surface area contributed by atoms with Gasteiger partial charge in [-0.1, -0.05) is 49.2 Å². The summed E-state index contributed by atoms with van der Waals surface area (Å²) in [6.45, 7) is 5.91. The van der Waals surface area contributed by atoms with Crippen molar-refractivity contribution in [2.45, 2.75) is 44.9 Å². The number of hydrogen-bond acceptors (Lipinski definition) is 2. The van der Waals surface area contributed by atoms with E-state index in [2.05, 4.69) is 11.6 Å². The van der Waals surface area contributed by atoms with Crippen molar-refractivity contribution in [2.75, 3.05) is 4.72 Å². The van der Waals surface area contributed by atoms with Crippen LogP contribution in [0, 0.1) is 13.8 Å². The second kappa shape index (κ2) is 6.97. The van der Waals surface area contributed by atoms with E-state index in [0.717, 1.165) is 36.0 Å². The van der Waals surface area contributed by atoms with Crippen LogP contribution in [0.4, 0.5) is 5.69 Å². The Hall–Kier alpha value is -1.81. The summed E-state index contributed by atoms with van der Waals surface area (Å²) in [4.78, 5) is 0.336. The van der Waals surface area contributed by atoms with E-state index in [1.54, 1.807) is 6.07 Å². The average Bonchev–Trinajstić information content (AvgIpc) is 2.45. The highest BCUT2D eigenvalue weighted by molar-refractivity contribution is 7.92. The molecule has 0 unspecified atom stereocenters. The first-order valence-electron chi connectivity index (χ1n) is 7.62. The molecule has 2 aromatic rings. The van der Waals surface area contributed by atoms with E-state index >= 15 is 0 Å². The standard InChI is InChI=1S/C18H23NO2S/c1-4-5-8-16-9-6-7-10-17(16)19-22(20,21)18-12-11-14(2)13-15(18)3/h6-7,9-13,19H,4-5,8H2,1-3H3. The van der Waals surface area contributed by atoms with Gasteiger partial charge in [0.1, 0.15) is 0 Å². The molecule has 0 aliphatic heterocycles. The van der Waals surface area contributed by atoms with Crippen LogP contribution >= 0.6 is 0 Å². The van der Waals surface area contributed by atoms with Crippen LogP contribution in [0.3, 0.4) is 0 Å². The van der Waals surface area contributed by atoms with Crippen molar-refractivity contribution in [3.05, 3.63) is 59.2 Å². The summed E-state index contributed by atoms with van der Waals surface area (Å²) in [5.74, 6) is 0. The number of sulfonamides is 1. The maximum Gasteiger partial charge on any atom is 0.262 e. The summed E-state index contributed by atoms with van der Waals surface area (Å²) in [5.41, 5.74) is 3.53. The Labute approximate surface area is 133 Å². The highest BCUT2D eigenvalue weighted by Crippen LogP contribution is 2.23. The van der Waals surface area contributed by atoms with Gasteiger partial charge in [0.15, 0.2) is 0 Å². The Bertz CT molecular complexity index is 751. The highest BCUT2D eigenvalue weighted by atomic mass is 32.2. The lowest BCUT2D eigenvalue weighted by Gasteiger charge is -2.14. The van der Waals surface area contributed by atoms with E-state index in [0.29, 0.717) is 10.6 Å². The molecule has 0 spiro atoms. The molecule has 22 heavy (non-hydrogen) atoms. The van der Waals surface area contributed by atoms with E-state index in [4.69, 9.17) is 0 Å². The van der Waals surface area contributed by atoms with Gasteiger partial charge >= 0.3 is 0 Å². The molecule has 0 aliphatic carbocycles. The average molecular weight is 317 g/mol. The van der Waals surface area contributed by atoms with E-state index in [1.807, 2.05) is 50.2 Å². The predicted octanol–water partition coefficient (Wildman–Crippen LogP) is 4.45. The van der Waals surface area contributed by atoms with E-state index in [-0.39, 0.29) is 0 Å². The van der Waals surface area contributed by atoms with Crippen molar-refractivity contribution in [3.8, 4) is 0 Å². The summed E-state index contributed by atoms with van der Waals surface area (Å²) in [6.07, 6.45) is 3.00. The van der Waals surface area contributed by atoms with Gasteiger partial charge in [0.2, 0.25) is 0 Å². The highest BCUT2D eigenvalue weighted by Gasteiger charge is 2.18. The van der Waals surface area contributed by atoms with Crippen LogP contribution in [0.15, 0.2) is 47.4 Å². The molecule has 0 amide bonds. The number of rotatable bonds is 6. The summed E-state index contributed by atoms with van der Waals surface area (Å²) < 4.78 is 28.0. The molecule has 0 saturated carbocycles. The molecule has 0 radical (unpaired) electrons. The summed E-state index contributed by atoms with van der Waals surface area (Å²) in [6, 6.07) is 13.0. The topological polar surface area (TPSA) is 46.2 Å². The number of benzene rings is 2. The maximum atomic E-state index is 12.6. The predicted molar refractivity (Wildman–Crippen MR) is 91.8 cm³/mol. The molecule has 3 nitrogen and oxygen atoms in total. The molecule has 0 heterocycles. The molecule has 118 valence electrons. The van der Waals surface area contributed by atoms with Gasteiger partial charge in [-0.2, -0.15) is 0 Å². The van der Waals surface area contributed by atoms with E-state index in [9.17, 15) is 8.42 Å². The minimum atomic E-state index is -3.56. The Morgan fingerprint density at radius 1 is 1.05 bits per heavy atom. The normalized spacial score (nSPS) is 11.4. The zero-order chi connectivity index (χ0) is 16.2. The third-order valence-corrected chi connectivity index (χ3v) is 5.21. The Morgan fingerprint density at radius 3 is 2.45 bits per heavy atom. The van der Waals surface area contributed by atoms with Gasteiger partial charge in [0.25, 0.3) is 10.0 Å². The van der Waals surface area contributed by atoms with Gasteiger partial charge < -0.3 is 0 Å². The quantitative estimate of drug-likeness (QED) is 0.855. The fourth-order valence-electron chi connectivity index (χ4n) is 2.51. The molecule has 2 aromatic carbocycles. The van der Waals surface area contributed by atoms with Crippen LogP contribution in [-0.4, -0.2) is 8.42 Å². The molecule has 0 atom stereocenters. The fraction of sp³-hybridized carbons (Fsp3) is 0.333. The van der Waals surface area contributed by atoms with Gasteiger partial charge in [-0.25, -0.2) is 8.42 Å². The maximum absolute atomic E-state index is 12.6. The number of nitrogens with one attached hydrogen (secondary N) is 1. The van der Waals surface area contributed by atoms with Crippen LogP contribution in [-0.2, 0) is 16.4 Å². The second-order valence-electron chi connectivity index (χ2n) is 5.64. The third-order valence-electron chi connectivity index (χ3n) is 3.68. The first-order chi connectivity index (χ1) is 10.4. The Morgan fingerprint density at radius 2 is 1.77 bits per heavy atom. The second-order valence-corrected chi connectivity index (χ2v) is 7.29. The number of anilines is 1. The van der Waals surface area contributed by atoms with E-state index < -0.39 is 10.0 Å². The van der Waals surface area contributed by atoms with Crippen LogP contribution in [0.1, 0.15) is 36.5 Å². The van der Waals surface area contributed by atoms with Crippen molar-refractivity contribution < 1.29 is 8.42 Å². The minimum absolute atomic E-state index is 0.336. The van der Waals surface area contributed by atoms with Gasteiger partial charge in [-0.05, 0) is 49.9 Å². The Balaban J connectivity index is 2.33. The first kappa shape index (κ1) is 16.6. The minimum Gasteiger partial charge on any atom is -0.279 e. The molecule has 2 rings (SSSR count). The summed E-state index contributed by atoms with van der Waals surface area (Å²) in [5, 5.41) is 0. The molecule has 1 N–H and O–H groups in total. The largest absolute Gasteiger partial charge is 0.279 e. The molecule has 0 fully saturated rings. The molecule has 0 saturated heterocycles. The van der Waals surface area contributed by atoms with Crippen LogP contribution < -0.4 is 4.72 Å². The lowest BCUT2D eigenvalue weighted by atomic mass is 10.1. The summed E-state index contributed by atoms with van der Waals surface area (Å²) in [7, 11) is -3.56. The molecular formula is C18H23NO2S. The smallest absolute Gasteiger partial charge is 0.262 e. The molecule has 0 aliphatic rings. The van der Waals surface area contributed by atoms with Crippen molar-refractivity contribution in [2.24, 2.45) is 0 Å². The molecule has 0 bridgehead atoms. The van der Waals surface area contributed by atoms with Gasteiger partial charge in [-0.15, -0.1) is 0 Å². The lowest BCUT2D eigenvalue weighted by molar-refractivity contribution is 0.600. The van der Waals surface area contributed by atoms with Crippen molar-refractivity contribution in [1.82, 2.24) is 0 Å². The first-order valence-corrected chi connectivity index (χ1v) is 9.10. The number of hydrogen-bond donors (Lipinski definition) is 1. The number of para-hydroxylation sites is 1. The van der Waals surface area contributed by atoms with Crippen LogP contribution in [0.25, 0.3) is 0 Å². The van der Waals surface area contributed by atoms with Crippen LogP contribution in [0.2, 0.25) is 0 Å². The Kier molecular flexibility index (Phi) is 5.24. The van der Waals surface area contributed by atoms with Gasteiger partial charge in [0.05, 0.1) is 10.6 Å². The van der Waals surface area contributed by atoms with Crippen molar-refractivity contribution in [1.29, 1.82) is 0 Å². The van der Waals surface area contributed by atoms with Crippen molar-refractivity contribution >= 4 is 15.7 Å². The molecule has 4 heteroatoms. The van der Waals surface area contributed by atoms with Gasteiger partial charge in [-0.3, -0.25) is 4.72 Å². The van der Waals surface area contributed by atoms with Crippen molar-refractivity contribution in [3.63, 3.8) is 0 Å². The monoisotopic (exact) mass is 317 g/mol. The lowest BCUT2D eigenvalue weighted by Crippen LogP contribution is -2.15. The summed E-state index contributed by atoms with van der Waals surface area (Å²) >= 11 is 0. The van der Waals surface area contributed by atoms with Crippen LogP contribution in [0.5, 0.6) is 0 Å². The molecular weight excluding hydrogens is 294 g/mol. The fourth-order valence-corrected chi connectivity index (χ4v) is 3.83.